The summed E-state index contributed by atoms with van der Waals surface area (Å²) in [4.78, 5) is 13.3. The molecule has 2 fully saturated rings. The first-order chi connectivity index (χ1) is 37.6. The van der Waals surface area contributed by atoms with E-state index in [4.69, 9.17) is 18.9 Å². The number of unbranched alkanes of at least 4 members (excludes halogenated alkanes) is 25. The van der Waals surface area contributed by atoms with Crippen LogP contribution >= 0.6 is 0 Å². The van der Waals surface area contributed by atoms with Crippen molar-refractivity contribution in [2.45, 2.75) is 299 Å². The van der Waals surface area contributed by atoms with Crippen LogP contribution in [0.25, 0.3) is 0 Å². The van der Waals surface area contributed by atoms with Gasteiger partial charge in [0, 0.05) is 6.42 Å². The molecule has 0 aromatic rings. The van der Waals surface area contributed by atoms with E-state index in [-0.39, 0.29) is 18.9 Å². The van der Waals surface area contributed by atoms with Gasteiger partial charge in [-0.2, -0.15) is 0 Å². The molecule has 0 aromatic heterocycles. The molecule has 0 aliphatic carbocycles. The van der Waals surface area contributed by atoms with Crippen LogP contribution in [-0.2, 0) is 23.7 Å². The third-order valence-corrected chi connectivity index (χ3v) is 14.6. The number of hydrogen-bond acceptors (Lipinski definition) is 13. The molecular weight excluding hydrogens is 979 g/mol. The van der Waals surface area contributed by atoms with Crippen molar-refractivity contribution in [1.29, 1.82) is 0 Å². The number of allylic oxidation sites excluding steroid dienone is 11. The zero-order valence-electron chi connectivity index (χ0n) is 47.9. The molecular formula is C63H111NO13. The fourth-order valence-corrected chi connectivity index (χ4v) is 9.62. The lowest BCUT2D eigenvalue weighted by Gasteiger charge is -2.46. The largest absolute Gasteiger partial charge is 0.394 e. The minimum atomic E-state index is -1.79. The second-order valence-electron chi connectivity index (χ2n) is 21.5. The van der Waals surface area contributed by atoms with E-state index in [1.807, 2.05) is 6.08 Å². The van der Waals surface area contributed by atoms with Gasteiger partial charge in [0.2, 0.25) is 5.91 Å². The Labute approximate surface area is 466 Å². The molecule has 446 valence electrons. The molecule has 0 radical (unpaired) electrons. The van der Waals surface area contributed by atoms with Crippen LogP contribution in [0.4, 0.5) is 0 Å². The van der Waals surface area contributed by atoms with Gasteiger partial charge in [0.1, 0.15) is 48.8 Å². The van der Waals surface area contributed by atoms with Gasteiger partial charge in [-0.1, -0.05) is 209 Å². The molecule has 14 heteroatoms. The van der Waals surface area contributed by atoms with Gasteiger partial charge < -0.3 is 65.1 Å². The molecule has 0 aromatic carbocycles. The Kier molecular flexibility index (Phi) is 44.1. The number of amides is 1. The molecule has 77 heavy (non-hydrogen) atoms. The summed E-state index contributed by atoms with van der Waals surface area (Å²) in [6.45, 7) is 2.73. The summed E-state index contributed by atoms with van der Waals surface area (Å²) in [7, 11) is 0. The van der Waals surface area contributed by atoms with Crippen molar-refractivity contribution < 1.29 is 64.6 Å². The number of carbonyl (C=O) groups is 1. The predicted octanol–water partition coefficient (Wildman–Crippen LogP) is 10.7. The number of aliphatic hydroxyl groups excluding tert-OH is 8. The first kappa shape index (κ1) is 70.5. The van der Waals surface area contributed by atoms with Crippen molar-refractivity contribution >= 4 is 5.91 Å². The third-order valence-electron chi connectivity index (χ3n) is 14.6. The highest BCUT2D eigenvalue weighted by Crippen LogP contribution is 2.30. The Morgan fingerprint density at radius 1 is 0.468 bits per heavy atom. The zero-order valence-corrected chi connectivity index (χ0v) is 47.9. The summed E-state index contributed by atoms with van der Waals surface area (Å²) in [5.74, 6) is -0.256. The van der Waals surface area contributed by atoms with Crippen LogP contribution in [0.1, 0.15) is 226 Å². The summed E-state index contributed by atoms with van der Waals surface area (Å²) in [5.41, 5.74) is 0. The van der Waals surface area contributed by atoms with Crippen LogP contribution in [0.2, 0.25) is 0 Å². The van der Waals surface area contributed by atoms with Gasteiger partial charge in [-0.3, -0.25) is 4.79 Å². The third kappa shape index (κ3) is 33.7. The second-order valence-corrected chi connectivity index (χ2v) is 21.5. The molecule has 12 unspecified atom stereocenters. The maximum absolute atomic E-state index is 13.3. The lowest BCUT2D eigenvalue weighted by molar-refractivity contribution is -0.359. The van der Waals surface area contributed by atoms with Crippen LogP contribution in [0.15, 0.2) is 72.9 Å². The monoisotopic (exact) mass is 1090 g/mol. The Bertz CT molecular complexity index is 1570. The quantitative estimate of drug-likeness (QED) is 0.0204. The summed E-state index contributed by atoms with van der Waals surface area (Å²) in [6.07, 6.45) is 46.6. The molecule has 0 bridgehead atoms. The van der Waals surface area contributed by atoms with Gasteiger partial charge in [0.05, 0.1) is 32.0 Å². The van der Waals surface area contributed by atoms with Crippen LogP contribution in [0.3, 0.4) is 0 Å². The molecule has 2 saturated heterocycles. The predicted molar refractivity (Wildman–Crippen MR) is 309 cm³/mol. The highest BCUT2D eigenvalue weighted by molar-refractivity contribution is 5.76. The molecule has 12 atom stereocenters. The average Bonchev–Trinajstić information content (AvgIpc) is 3.44. The van der Waals surface area contributed by atoms with E-state index in [9.17, 15) is 45.6 Å². The zero-order chi connectivity index (χ0) is 56.0. The van der Waals surface area contributed by atoms with Crippen LogP contribution in [0.5, 0.6) is 0 Å². The van der Waals surface area contributed by atoms with Crippen LogP contribution < -0.4 is 5.32 Å². The normalized spacial score (nSPS) is 25.2. The van der Waals surface area contributed by atoms with E-state index in [0.717, 1.165) is 57.8 Å². The van der Waals surface area contributed by atoms with Gasteiger partial charge >= 0.3 is 0 Å². The van der Waals surface area contributed by atoms with Crippen molar-refractivity contribution in [3.63, 3.8) is 0 Å². The van der Waals surface area contributed by atoms with Crippen LogP contribution in [0, 0.1) is 0 Å². The van der Waals surface area contributed by atoms with E-state index < -0.39 is 86.8 Å². The van der Waals surface area contributed by atoms with Crippen molar-refractivity contribution in [2.24, 2.45) is 0 Å². The molecule has 0 saturated carbocycles. The van der Waals surface area contributed by atoms with Crippen molar-refractivity contribution in [3.05, 3.63) is 72.9 Å². The summed E-state index contributed by atoms with van der Waals surface area (Å²) >= 11 is 0. The molecule has 2 aliphatic rings. The van der Waals surface area contributed by atoms with Crippen LogP contribution in [-0.4, -0.2) is 140 Å². The van der Waals surface area contributed by atoms with Crippen molar-refractivity contribution in [3.8, 4) is 0 Å². The average molecular weight is 1090 g/mol. The number of ether oxygens (including phenoxy) is 4. The number of nitrogens with one attached hydrogen (secondary N) is 1. The maximum Gasteiger partial charge on any atom is 0.220 e. The summed E-state index contributed by atoms with van der Waals surface area (Å²) < 4.78 is 22.7. The number of carbonyl (C=O) groups excluding carboxylic acids is 1. The molecule has 1 amide bonds. The molecule has 9 N–H and O–H groups in total. The first-order valence-electron chi connectivity index (χ1n) is 30.7. The van der Waals surface area contributed by atoms with E-state index >= 15 is 0 Å². The second kappa shape index (κ2) is 48.2. The van der Waals surface area contributed by atoms with E-state index in [1.54, 1.807) is 6.08 Å². The minimum absolute atomic E-state index is 0.256. The van der Waals surface area contributed by atoms with Gasteiger partial charge in [0.25, 0.3) is 0 Å². The summed E-state index contributed by atoms with van der Waals surface area (Å²) in [5, 5.41) is 87.0. The number of hydrogen-bond donors (Lipinski definition) is 9. The standard InChI is InChI=1S/C63H111NO13/c1-3-5-7-9-11-13-15-17-19-20-21-22-23-24-25-26-27-28-29-30-31-32-33-35-37-39-41-43-45-47-55(68)64-51(52(67)46-44-42-40-38-36-34-18-16-14-12-10-8-6-4-2)50-74-62-60(73)58(71)61(54(49-66)76-62)77-63-59(72)57(70)56(69)53(48-65)75-63/h14-17,20-21,23-24,36,38,44,46,51-54,56-63,65-67,69-73H,3-13,18-19,22,25-35,37,39-43,45,47-50H2,1-2H3,(H,64,68)/b16-14+,17-15-,21-20-,24-23-,38-36+,46-44+. The lowest BCUT2D eigenvalue weighted by atomic mass is 9.97. The Balaban J connectivity index is 1.70. The highest BCUT2D eigenvalue weighted by atomic mass is 16.7. The van der Waals surface area contributed by atoms with E-state index in [1.165, 1.54) is 135 Å². The van der Waals surface area contributed by atoms with Gasteiger partial charge in [-0.15, -0.1) is 0 Å². The maximum atomic E-state index is 13.3. The lowest BCUT2D eigenvalue weighted by Crippen LogP contribution is -2.65. The molecule has 2 heterocycles. The Hall–Kier alpha value is -2.57. The highest BCUT2D eigenvalue weighted by Gasteiger charge is 2.51. The SMILES string of the molecule is CCCCCC/C=C/CC/C=C/CC/C=C/C(O)C(COC1OC(CO)C(OC2OC(CO)C(O)C(O)C2O)C(O)C1O)NC(=O)CCCCCCCCCCCCCCCC/C=C\C/C=C\C/C=C\CCCCCCC. The van der Waals surface area contributed by atoms with Crippen molar-refractivity contribution in [2.75, 3.05) is 19.8 Å². The first-order valence-corrected chi connectivity index (χ1v) is 30.7. The topological polar surface area (TPSA) is 228 Å². The molecule has 14 nitrogen and oxygen atoms in total. The minimum Gasteiger partial charge on any atom is -0.394 e. The van der Waals surface area contributed by atoms with Gasteiger partial charge in [0.15, 0.2) is 12.6 Å². The van der Waals surface area contributed by atoms with Crippen molar-refractivity contribution in [1.82, 2.24) is 5.32 Å². The molecule has 2 rings (SSSR count). The van der Waals surface area contributed by atoms with E-state index in [0.29, 0.717) is 12.8 Å². The number of aliphatic hydroxyl groups is 8. The van der Waals surface area contributed by atoms with Gasteiger partial charge in [-0.05, 0) is 83.5 Å². The molecule has 2 aliphatic heterocycles. The summed E-state index contributed by atoms with van der Waals surface area (Å²) in [6, 6.07) is -0.941. The fraction of sp³-hybridized carbons (Fsp3) is 0.794. The molecule has 0 spiro atoms. The number of rotatable bonds is 48. The smallest absolute Gasteiger partial charge is 0.220 e. The van der Waals surface area contributed by atoms with Gasteiger partial charge in [-0.25, -0.2) is 0 Å². The van der Waals surface area contributed by atoms with E-state index in [2.05, 4.69) is 79.9 Å². The Morgan fingerprint density at radius 3 is 1.38 bits per heavy atom. The fourth-order valence-electron chi connectivity index (χ4n) is 9.62. The Morgan fingerprint density at radius 2 is 0.870 bits per heavy atom.